The van der Waals surface area contributed by atoms with Crippen LogP contribution in [0.3, 0.4) is 0 Å². The van der Waals surface area contributed by atoms with Crippen molar-refractivity contribution in [3.63, 3.8) is 0 Å². The van der Waals surface area contributed by atoms with E-state index in [1.54, 1.807) is 23.1 Å². The van der Waals surface area contributed by atoms with E-state index in [-0.39, 0.29) is 4.87 Å². The highest BCUT2D eigenvalue weighted by Crippen LogP contribution is 2.35. The first-order valence-electron chi connectivity index (χ1n) is 3.20. The van der Waals surface area contributed by atoms with Crippen molar-refractivity contribution in [2.75, 3.05) is 0 Å². The van der Waals surface area contributed by atoms with Crippen molar-refractivity contribution >= 4 is 34.7 Å². The lowest BCUT2D eigenvalue weighted by atomic mass is 10.4. The van der Waals surface area contributed by atoms with Gasteiger partial charge in [-0.1, -0.05) is 23.4 Å². The Hall–Kier alpha value is 0.300. The molecule has 0 atom stereocenters. The van der Waals surface area contributed by atoms with Crippen LogP contribution >= 0.6 is 34.7 Å². The van der Waals surface area contributed by atoms with Gasteiger partial charge in [-0.2, -0.15) is 0 Å². The molecule has 0 aliphatic rings. The van der Waals surface area contributed by atoms with Crippen LogP contribution in [-0.4, -0.2) is 4.87 Å². The number of thioether (sulfide) groups is 1. The van der Waals surface area contributed by atoms with Gasteiger partial charge in [0, 0.05) is 0 Å². The summed E-state index contributed by atoms with van der Waals surface area (Å²) >= 11 is 8.95. The molecule has 0 radical (unpaired) electrons. The fourth-order valence-electron chi connectivity index (χ4n) is 0.612. The second kappa shape index (κ2) is 3.35. The molecule has 0 fully saturated rings. The zero-order valence-electron chi connectivity index (χ0n) is 6.43. The molecule has 2 N–H and O–H groups in total. The third-order valence-electron chi connectivity index (χ3n) is 0.912. The average Bonchev–Trinajstić information content (AvgIpc) is 2.10. The van der Waals surface area contributed by atoms with Crippen molar-refractivity contribution in [3.05, 3.63) is 16.5 Å². The lowest BCUT2D eigenvalue weighted by Crippen LogP contribution is -2.26. The van der Waals surface area contributed by atoms with Gasteiger partial charge in [0.05, 0.1) is 13.4 Å². The number of thiophene rings is 1. The quantitative estimate of drug-likeness (QED) is 0.596. The minimum atomic E-state index is -0.214. The Bertz CT molecular complexity index is 239. The van der Waals surface area contributed by atoms with Gasteiger partial charge in [0.15, 0.2) is 0 Å². The van der Waals surface area contributed by atoms with Gasteiger partial charge in [0.25, 0.3) is 0 Å². The smallest absolute Gasteiger partial charge is 0.0940 e. The first-order valence-corrected chi connectivity index (χ1v) is 5.22. The topological polar surface area (TPSA) is 26.0 Å². The maximum atomic E-state index is 5.80. The summed E-state index contributed by atoms with van der Waals surface area (Å²) in [6.07, 6.45) is 0. The second-order valence-corrected chi connectivity index (χ2v) is 6.43. The molecule has 1 nitrogen and oxygen atoms in total. The molecule has 0 aliphatic heterocycles. The van der Waals surface area contributed by atoms with Crippen LogP contribution in [0.5, 0.6) is 0 Å². The highest BCUT2D eigenvalue weighted by molar-refractivity contribution is 8.02. The second-order valence-electron chi connectivity index (χ2n) is 2.76. The first-order chi connectivity index (χ1) is 4.97. The summed E-state index contributed by atoms with van der Waals surface area (Å²) in [6, 6.07) is 3.88. The highest BCUT2D eigenvalue weighted by atomic mass is 35.5. The van der Waals surface area contributed by atoms with Crippen LogP contribution in [0.1, 0.15) is 13.8 Å². The Morgan fingerprint density at radius 1 is 1.55 bits per heavy atom. The van der Waals surface area contributed by atoms with Gasteiger partial charge in [0.2, 0.25) is 0 Å². The fraction of sp³-hybridized carbons (Fsp3) is 0.429. The van der Waals surface area contributed by atoms with E-state index in [0.29, 0.717) is 0 Å². The molecule has 1 aromatic heterocycles. The number of halogens is 1. The minimum absolute atomic E-state index is 0.214. The molecule has 1 heterocycles. The van der Waals surface area contributed by atoms with Crippen LogP contribution in [0, 0.1) is 0 Å². The zero-order valence-corrected chi connectivity index (χ0v) is 8.82. The van der Waals surface area contributed by atoms with Crippen molar-refractivity contribution in [3.8, 4) is 0 Å². The fourth-order valence-corrected chi connectivity index (χ4v) is 3.26. The summed E-state index contributed by atoms with van der Waals surface area (Å²) < 4.78 is 1.99. The number of hydrogen-bond donors (Lipinski definition) is 1. The predicted octanol–water partition coefficient (Wildman–Crippen LogP) is 3.19. The third-order valence-corrected chi connectivity index (χ3v) is 3.30. The summed E-state index contributed by atoms with van der Waals surface area (Å²) in [5.74, 6) is 0. The van der Waals surface area contributed by atoms with Gasteiger partial charge in [-0.15, -0.1) is 11.3 Å². The van der Waals surface area contributed by atoms with Crippen molar-refractivity contribution in [2.45, 2.75) is 22.9 Å². The monoisotopic (exact) mass is 207 g/mol. The molecule has 11 heavy (non-hydrogen) atoms. The van der Waals surface area contributed by atoms with Gasteiger partial charge in [-0.25, -0.2) is 0 Å². The van der Waals surface area contributed by atoms with Crippen LogP contribution in [0.15, 0.2) is 16.3 Å². The SMILES string of the molecule is CC(C)(N)Sc1ccc(Cl)s1. The summed E-state index contributed by atoms with van der Waals surface area (Å²) in [5.41, 5.74) is 5.80. The van der Waals surface area contributed by atoms with E-state index < -0.39 is 0 Å². The van der Waals surface area contributed by atoms with E-state index >= 15 is 0 Å². The van der Waals surface area contributed by atoms with Gasteiger partial charge in [-0.05, 0) is 26.0 Å². The molecule has 4 heteroatoms. The summed E-state index contributed by atoms with van der Waals surface area (Å²) in [4.78, 5) is -0.214. The largest absolute Gasteiger partial charge is 0.317 e. The molecule has 1 aromatic rings. The van der Waals surface area contributed by atoms with Gasteiger partial charge >= 0.3 is 0 Å². The maximum absolute atomic E-state index is 5.80. The molecule has 62 valence electrons. The zero-order chi connectivity index (χ0) is 8.48. The Labute approximate surface area is 79.9 Å². The number of nitrogens with two attached hydrogens (primary N) is 1. The maximum Gasteiger partial charge on any atom is 0.0940 e. The molecule has 0 aliphatic carbocycles. The lowest BCUT2D eigenvalue weighted by Gasteiger charge is -2.15. The predicted molar refractivity (Wildman–Crippen MR) is 53.5 cm³/mol. The van der Waals surface area contributed by atoms with Crippen LogP contribution in [0.25, 0.3) is 0 Å². The van der Waals surface area contributed by atoms with E-state index in [0.717, 1.165) is 4.34 Å². The van der Waals surface area contributed by atoms with Gasteiger partial charge < -0.3 is 5.73 Å². The third kappa shape index (κ3) is 3.47. The van der Waals surface area contributed by atoms with E-state index in [1.807, 2.05) is 26.0 Å². The van der Waals surface area contributed by atoms with Crippen LogP contribution in [0.2, 0.25) is 4.34 Å². The minimum Gasteiger partial charge on any atom is -0.317 e. The van der Waals surface area contributed by atoms with E-state index in [2.05, 4.69) is 0 Å². The molecule has 1 rings (SSSR count). The first kappa shape index (κ1) is 9.39. The molecule has 0 bridgehead atoms. The molecule has 0 saturated heterocycles. The molecule has 0 amide bonds. The van der Waals surface area contributed by atoms with Crippen molar-refractivity contribution < 1.29 is 0 Å². The lowest BCUT2D eigenvalue weighted by molar-refractivity contribution is 0.759. The van der Waals surface area contributed by atoms with Crippen LogP contribution in [-0.2, 0) is 0 Å². The van der Waals surface area contributed by atoms with Gasteiger partial charge in [-0.3, -0.25) is 0 Å². The molecule has 0 aromatic carbocycles. The summed E-state index contributed by atoms with van der Waals surface area (Å²) in [5, 5.41) is 0. The van der Waals surface area contributed by atoms with Crippen LogP contribution < -0.4 is 5.73 Å². The summed E-state index contributed by atoms with van der Waals surface area (Å²) in [6.45, 7) is 3.95. The Morgan fingerprint density at radius 3 is 2.55 bits per heavy atom. The van der Waals surface area contributed by atoms with E-state index in [1.165, 1.54) is 4.21 Å². The number of hydrogen-bond acceptors (Lipinski definition) is 3. The standard InChI is InChI=1S/C7H10ClNS2/c1-7(2,9)11-6-4-3-5(8)10-6/h3-4H,9H2,1-2H3. The van der Waals surface area contributed by atoms with Crippen molar-refractivity contribution in [1.29, 1.82) is 0 Å². The van der Waals surface area contributed by atoms with Gasteiger partial charge in [0.1, 0.15) is 0 Å². The Balaban J connectivity index is 2.65. The Kier molecular flexibility index (Phi) is 2.86. The van der Waals surface area contributed by atoms with E-state index in [4.69, 9.17) is 17.3 Å². The van der Waals surface area contributed by atoms with Crippen molar-refractivity contribution in [2.24, 2.45) is 5.73 Å². The van der Waals surface area contributed by atoms with Crippen LogP contribution in [0.4, 0.5) is 0 Å². The molecular weight excluding hydrogens is 198 g/mol. The molecule has 0 spiro atoms. The average molecular weight is 208 g/mol. The molecule has 0 unspecified atom stereocenters. The molecular formula is C7H10ClNS2. The number of rotatable bonds is 2. The highest BCUT2D eigenvalue weighted by Gasteiger charge is 2.13. The molecule has 0 saturated carbocycles. The van der Waals surface area contributed by atoms with E-state index in [9.17, 15) is 0 Å². The summed E-state index contributed by atoms with van der Waals surface area (Å²) in [7, 11) is 0. The normalized spacial score (nSPS) is 12.0. The Morgan fingerprint density at radius 2 is 2.18 bits per heavy atom. The van der Waals surface area contributed by atoms with Crippen molar-refractivity contribution in [1.82, 2.24) is 0 Å².